The Hall–Kier alpha value is -1.65. The van der Waals surface area contributed by atoms with Crippen molar-refractivity contribution in [1.82, 2.24) is 0 Å². The smallest absolute Gasteiger partial charge is 0.307 e. The van der Waals surface area contributed by atoms with Crippen molar-refractivity contribution in [3.05, 3.63) is 11.3 Å². The molecule has 0 N–H and O–H groups in total. The van der Waals surface area contributed by atoms with Gasteiger partial charge in [0.25, 0.3) is 0 Å². The van der Waals surface area contributed by atoms with Crippen LogP contribution in [-0.4, -0.2) is 23.8 Å². The zero-order valence-electron chi connectivity index (χ0n) is 19.1. The summed E-state index contributed by atoms with van der Waals surface area (Å²) in [4.78, 5) is 36.6. The molecule has 166 valence electrons. The lowest BCUT2D eigenvalue weighted by Gasteiger charge is -2.59. The van der Waals surface area contributed by atoms with Crippen LogP contribution in [0.4, 0.5) is 0 Å². The van der Waals surface area contributed by atoms with E-state index in [4.69, 9.17) is 9.47 Å². The summed E-state index contributed by atoms with van der Waals surface area (Å²) in [6, 6.07) is 0. The van der Waals surface area contributed by atoms with Gasteiger partial charge < -0.3 is 9.47 Å². The Bertz CT molecular complexity index is 797. The molecular weight excluding hydrogens is 380 g/mol. The van der Waals surface area contributed by atoms with Crippen LogP contribution in [0.3, 0.4) is 0 Å². The molecule has 0 radical (unpaired) electrons. The first-order valence-corrected chi connectivity index (χ1v) is 11.6. The fourth-order valence-electron chi connectivity index (χ4n) is 8.05. The van der Waals surface area contributed by atoms with Gasteiger partial charge in [-0.3, -0.25) is 14.4 Å². The van der Waals surface area contributed by atoms with Gasteiger partial charge in [0.2, 0.25) is 0 Å². The summed E-state index contributed by atoms with van der Waals surface area (Å²) >= 11 is 0. The number of rotatable bonds is 2. The van der Waals surface area contributed by atoms with Crippen LogP contribution < -0.4 is 0 Å². The predicted molar refractivity (Wildman–Crippen MR) is 112 cm³/mol. The van der Waals surface area contributed by atoms with E-state index >= 15 is 0 Å². The van der Waals surface area contributed by atoms with Crippen molar-refractivity contribution in [2.75, 3.05) is 0 Å². The zero-order chi connectivity index (χ0) is 21.8. The number of carbonyl (C=O) groups is 3. The van der Waals surface area contributed by atoms with E-state index in [1.165, 1.54) is 19.4 Å². The average Bonchev–Trinajstić information content (AvgIpc) is 2.97. The molecule has 4 fully saturated rings. The molecule has 0 aromatic rings. The van der Waals surface area contributed by atoms with Gasteiger partial charge in [-0.15, -0.1) is 0 Å². The summed E-state index contributed by atoms with van der Waals surface area (Å²) in [5, 5.41) is 0. The molecule has 7 atom stereocenters. The van der Waals surface area contributed by atoms with Crippen molar-refractivity contribution in [2.24, 2.45) is 34.5 Å². The van der Waals surface area contributed by atoms with Crippen molar-refractivity contribution >= 4 is 17.7 Å². The Kier molecular flexibility index (Phi) is 5.39. The van der Waals surface area contributed by atoms with Crippen LogP contribution in [-0.2, 0) is 23.9 Å². The molecule has 5 nitrogen and oxygen atoms in total. The Labute approximate surface area is 179 Å². The average molecular weight is 417 g/mol. The summed E-state index contributed by atoms with van der Waals surface area (Å²) in [5.74, 6) is 2.06. The van der Waals surface area contributed by atoms with Crippen LogP contribution >= 0.6 is 0 Å². The highest BCUT2D eigenvalue weighted by molar-refractivity contribution is 5.85. The number of ketones is 1. The van der Waals surface area contributed by atoms with Gasteiger partial charge >= 0.3 is 11.9 Å². The number of hydrogen-bond donors (Lipinski definition) is 0. The number of hydrogen-bond acceptors (Lipinski definition) is 5. The lowest BCUT2D eigenvalue weighted by atomic mass is 9.44. The zero-order valence-corrected chi connectivity index (χ0v) is 19.1. The van der Waals surface area contributed by atoms with Crippen molar-refractivity contribution in [2.45, 2.75) is 92.1 Å². The molecule has 4 saturated carbocycles. The molecule has 5 heteroatoms. The van der Waals surface area contributed by atoms with Gasteiger partial charge in [0.05, 0.1) is 0 Å². The minimum atomic E-state index is -0.287. The largest absolute Gasteiger partial charge is 0.463 e. The molecule has 0 spiro atoms. The summed E-state index contributed by atoms with van der Waals surface area (Å²) in [7, 11) is 0. The highest BCUT2D eigenvalue weighted by Gasteiger charge is 2.62. The molecular formula is C25H36O5. The lowest BCUT2D eigenvalue weighted by Crippen LogP contribution is -2.57. The van der Waals surface area contributed by atoms with Crippen molar-refractivity contribution < 1.29 is 23.9 Å². The first kappa shape index (κ1) is 21.6. The molecule has 0 bridgehead atoms. The number of carbonyl (C=O) groups excluding carboxylic acids is 3. The maximum atomic E-state index is 13.7. The summed E-state index contributed by atoms with van der Waals surface area (Å²) in [6.45, 7) is 9.37. The van der Waals surface area contributed by atoms with Gasteiger partial charge in [-0.05, 0) is 80.6 Å². The summed E-state index contributed by atoms with van der Waals surface area (Å²) in [5.41, 5.74) is 1.01. The van der Waals surface area contributed by atoms with Crippen molar-refractivity contribution in [3.63, 3.8) is 0 Å². The second-order valence-electron chi connectivity index (χ2n) is 10.8. The topological polar surface area (TPSA) is 69.7 Å². The first-order valence-electron chi connectivity index (χ1n) is 11.6. The van der Waals surface area contributed by atoms with E-state index < -0.39 is 0 Å². The highest BCUT2D eigenvalue weighted by Crippen LogP contribution is 2.66. The van der Waals surface area contributed by atoms with Gasteiger partial charge in [0, 0.05) is 31.6 Å². The Morgan fingerprint density at radius 3 is 2.40 bits per heavy atom. The van der Waals surface area contributed by atoms with Gasteiger partial charge in [-0.25, -0.2) is 0 Å². The molecule has 4 aliphatic carbocycles. The minimum absolute atomic E-state index is 0.00785. The van der Waals surface area contributed by atoms with Crippen LogP contribution in [0.2, 0.25) is 0 Å². The van der Waals surface area contributed by atoms with Crippen molar-refractivity contribution in [3.8, 4) is 0 Å². The molecule has 0 aliphatic heterocycles. The highest BCUT2D eigenvalue weighted by atomic mass is 16.5. The van der Waals surface area contributed by atoms with E-state index in [0.717, 1.165) is 44.9 Å². The van der Waals surface area contributed by atoms with Crippen LogP contribution in [0.1, 0.15) is 86.0 Å². The maximum Gasteiger partial charge on any atom is 0.307 e. The fraction of sp³-hybridized carbons (Fsp3) is 0.800. The van der Waals surface area contributed by atoms with Crippen LogP contribution in [0, 0.1) is 34.5 Å². The quantitative estimate of drug-likeness (QED) is 0.469. The van der Waals surface area contributed by atoms with Crippen LogP contribution in [0.25, 0.3) is 0 Å². The number of allylic oxidation sites excluding steroid dienone is 2. The van der Waals surface area contributed by atoms with E-state index in [1.807, 2.05) is 6.92 Å². The second kappa shape index (κ2) is 7.49. The molecule has 0 unspecified atom stereocenters. The number of esters is 2. The van der Waals surface area contributed by atoms with Crippen molar-refractivity contribution in [1.29, 1.82) is 0 Å². The van der Waals surface area contributed by atoms with E-state index in [9.17, 15) is 14.4 Å². The number of ether oxygens (including phenoxy) is 2. The first-order chi connectivity index (χ1) is 14.1. The molecule has 0 amide bonds. The third kappa shape index (κ3) is 3.33. The summed E-state index contributed by atoms with van der Waals surface area (Å²) < 4.78 is 11.0. The molecule has 0 saturated heterocycles. The van der Waals surface area contributed by atoms with E-state index in [-0.39, 0.29) is 34.8 Å². The van der Waals surface area contributed by atoms with E-state index in [2.05, 4.69) is 13.8 Å². The Balaban J connectivity index is 1.60. The number of Topliss-reactive ketones (excluding diaryl/α,β-unsaturated/α-hetero) is 1. The van der Waals surface area contributed by atoms with Gasteiger partial charge in [-0.2, -0.15) is 0 Å². The molecule has 4 rings (SSSR count). The predicted octanol–water partition coefficient (Wildman–Crippen LogP) is 4.98. The molecule has 30 heavy (non-hydrogen) atoms. The van der Waals surface area contributed by atoms with Gasteiger partial charge in [0.15, 0.2) is 0 Å². The third-order valence-corrected chi connectivity index (χ3v) is 9.14. The Morgan fingerprint density at radius 1 is 1.00 bits per heavy atom. The van der Waals surface area contributed by atoms with E-state index in [0.29, 0.717) is 35.7 Å². The standard InChI is InChI=1S/C25H36O5/c1-14(29-15(2)26)20-8-9-21-19-7-6-17-12-18(30-16(3)27)10-11-24(17,4)23(19)22(28)13-25(20,21)5/h17-19,21,23H,6-13H2,1-5H3/b20-14+/t17-,18+,19-,21-,23+,24-,25+/m0/s1. The van der Waals surface area contributed by atoms with Crippen LogP contribution in [0.5, 0.6) is 0 Å². The van der Waals surface area contributed by atoms with Gasteiger partial charge in [0.1, 0.15) is 17.6 Å². The lowest BCUT2D eigenvalue weighted by molar-refractivity contribution is -0.166. The van der Waals surface area contributed by atoms with Crippen LogP contribution in [0.15, 0.2) is 11.3 Å². The summed E-state index contributed by atoms with van der Waals surface area (Å²) in [6.07, 6.45) is 7.46. The Morgan fingerprint density at radius 2 is 1.73 bits per heavy atom. The maximum absolute atomic E-state index is 13.7. The molecule has 4 aliphatic rings. The third-order valence-electron chi connectivity index (χ3n) is 9.14. The molecule has 0 aromatic carbocycles. The second-order valence-corrected chi connectivity index (χ2v) is 10.8. The SMILES string of the molecule is CC(=O)O/C(C)=C1\CC[C@H]2[C@@H]3CC[C@H]4C[C@H](OC(C)=O)CC[C@]4(C)[C@H]3C(=O)C[C@]12C. The number of fused-ring (bicyclic) bond motifs is 5. The molecule has 0 heterocycles. The normalized spacial score (nSPS) is 44.4. The molecule has 0 aromatic heterocycles. The monoisotopic (exact) mass is 416 g/mol. The fourth-order valence-corrected chi connectivity index (χ4v) is 8.05. The van der Waals surface area contributed by atoms with E-state index in [1.54, 1.807) is 0 Å². The van der Waals surface area contributed by atoms with Gasteiger partial charge in [-0.1, -0.05) is 13.8 Å². The minimum Gasteiger partial charge on any atom is -0.463 e.